The molecule has 3 rings (SSSR count). The molecule has 0 atom stereocenters. The van der Waals surface area contributed by atoms with Gasteiger partial charge in [-0.05, 0) is 56.3 Å². The minimum Gasteiger partial charge on any atom is -0.497 e. The SMILES string of the molecule is CCOC(=O)c1cnc2ccc(OC)cc2c1Nc1ccc(N(CC)CCOC)cc1. The topological polar surface area (TPSA) is 72.9 Å². The number of anilines is 3. The van der Waals surface area contributed by atoms with Gasteiger partial charge in [0.15, 0.2) is 0 Å². The predicted octanol–water partition coefficient (Wildman–Crippen LogP) is 4.64. The number of nitrogens with zero attached hydrogens (tertiary/aromatic N) is 2. The molecule has 2 aromatic carbocycles. The Bertz CT molecular complexity index is 1020. The zero-order valence-electron chi connectivity index (χ0n) is 18.5. The Morgan fingerprint density at radius 3 is 2.52 bits per heavy atom. The third-order valence-electron chi connectivity index (χ3n) is 5.02. The summed E-state index contributed by atoms with van der Waals surface area (Å²) >= 11 is 0. The summed E-state index contributed by atoms with van der Waals surface area (Å²) in [5.41, 5.74) is 3.73. The summed E-state index contributed by atoms with van der Waals surface area (Å²) in [4.78, 5) is 19.2. The highest BCUT2D eigenvalue weighted by Gasteiger charge is 2.18. The zero-order valence-corrected chi connectivity index (χ0v) is 18.5. The molecule has 31 heavy (non-hydrogen) atoms. The summed E-state index contributed by atoms with van der Waals surface area (Å²) in [5.74, 6) is 0.265. The molecule has 0 saturated heterocycles. The molecule has 0 bridgehead atoms. The lowest BCUT2D eigenvalue weighted by atomic mass is 10.1. The molecule has 1 N–H and O–H groups in total. The van der Waals surface area contributed by atoms with Crippen molar-refractivity contribution in [3.8, 4) is 5.75 Å². The number of ether oxygens (including phenoxy) is 3. The zero-order chi connectivity index (χ0) is 22.2. The lowest BCUT2D eigenvalue weighted by Crippen LogP contribution is -2.26. The highest BCUT2D eigenvalue weighted by molar-refractivity contribution is 6.06. The summed E-state index contributed by atoms with van der Waals surface area (Å²) in [6.07, 6.45) is 1.55. The van der Waals surface area contributed by atoms with Gasteiger partial charge >= 0.3 is 5.97 Å². The summed E-state index contributed by atoms with van der Waals surface area (Å²) in [5, 5.41) is 4.18. The molecule has 0 fully saturated rings. The number of hydrogen-bond donors (Lipinski definition) is 1. The third-order valence-corrected chi connectivity index (χ3v) is 5.02. The monoisotopic (exact) mass is 423 g/mol. The van der Waals surface area contributed by atoms with Gasteiger partial charge in [-0.3, -0.25) is 4.98 Å². The first-order chi connectivity index (χ1) is 15.1. The van der Waals surface area contributed by atoms with Crippen molar-refractivity contribution >= 4 is 33.9 Å². The van der Waals surface area contributed by atoms with E-state index in [0.717, 1.165) is 35.4 Å². The minimum atomic E-state index is -0.421. The van der Waals surface area contributed by atoms with Crippen LogP contribution < -0.4 is 15.0 Å². The van der Waals surface area contributed by atoms with E-state index in [2.05, 4.69) is 34.3 Å². The van der Waals surface area contributed by atoms with Crippen molar-refractivity contribution in [2.24, 2.45) is 0 Å². The first-order valence-corrected chi connectivity index (χ1v) is 10.4. The molecule has 0 saturated carbocycles. The van der Waals surface area contributed by atoms with Crippen LogP contribution in [0.3, 0.4) is 0 Å². The van der Waals surface area contributed by atoms with Gasteiger partial charge in [0.2, 0.25) is 0 Å². The molecule has 0 aliphatic rings. The summed E-state index contributed by atoms with van der Waals surface area (Å²) in [6, 6.07) is 13.7. The van der Waals surface area contributed by atoms with Crippen LogP contribution in [0.1, 0.15) is 24.2 Å². The average Bonchev–Trinajstić information content (AvgIpc) is 2.80. The highest BCUT2D eigenvalue weighted by Crippen LogP contribution is 2.32. The quantitative estimate of drug-likeness (QED) is 0.476. The maximum absolute atomic E-state index is 12.6. The second-order valence-electron chi connectivity index (χ2n) is 6.89. The van der Waals surface area contributed by atoms with Crippen LogP contribution in [0.5, 0.6) is 5.75 Å². The van der Waals surface area contributed by atoms with Crippen molar-refractivity contribution in [3.63, 3.8) is 0 Å². The van der Waals surface area contributed by atoms with Gasteiger partial charge in [0.25, 0.3) is 0 Å². The molecule has 0 unspecified atom stereocenters. The molecule has 164 valence electrons. The Balaban J connectivity index is 1.98. The third kappa shape index (κ3) is 5.24. The van der Waals surface area contributed by atoms with Gasteiger partial charge in [-0.2, -0.15) is 0 Å². The maximum atomic E-state index is 12.6. The van der Waals surface area contributed by atoms with Gasteiger partial charge in [0, 0.05) is 43.2 Å². The molecule has 1 heterocycles. The number of fused-ring (bicyclic) bond motifs is 1. The van der Waals surface area contributed by atoms with E-state index in [1.165, 1.54) is 0 Å². The molecule has 0 radical (unpaired) electrons. The fourth-order valence-electron chi connectivity index (χ4n) is 3.37. The lowest BCUT2D eigenvalue weighted by molar-refractivity contribution is 0.0527. The fourth-order valence-corrected chi connectivity index (χ4v) is 3.37. The van der Waals surface area contributed by atoms with Gasteiger partial charge < -0.3 is 24.4 Å². The van der Waals surface area contributed by atoms with Crippen molar-refractivity contribution in [2.45, 2.75) is 13.8 Å². The number of carbonyl (C=O) groups excluding carboxylic acids is 1. The van der Waals surface area contributed by atoms with Gasteiger partial charge in [0.05, 0.1) is 31.5 Å². The Morgan fingerprint density at radius 2 is 1.87 bits per heavy atom. The molecule has 1 aromatic heterocycles. The Hall–Kier alpha value is -3.32. The maximum Gasteiger partial charge on any atom is 0.341 e. The number of aromatic nitrogens is 1. The fraction of sp³-hybridized carbons (Fsp3) is 0.333. The highest BCUT2D eigenvalue weighted by atomic mass is 16.5. The van der Waals surface area contributed by atoms with Crippen molar-refractivity contribution < 1.29 is 19.0 Å². The average molecular weight is 424 g/mol. The standard InChI is InChI=1S/C24H29N3O4/c1-5-27(13-14-29-3)18-9-7-17(8-10-18)26-23-20-15-19(30-4)11-12-22(20)25-16-21(23)24(28)31-6-2/h7-12,15-16H,5-6,13-14H2,1-4H3,(H,25,26). The van der Waals surface area contributed by atoms with Crippen molar-refractivity contribution in [1.82, 2.24) is 4.98 Å². The van der Waals surface area contributed by atoms with E-state index in [1.807, 2.05) is 30.3 Å². The molecule has 3 aromatic rings. The Kier molecular flexibility index (Phi) is 7.67. The number of pyridine rings is 1. The van der Waals surface area contributed by atoms with Crippen LogP contribution in [0.15, 0.2) is 48.7 Å². The van der Waals surface area contributed by atoms with Crippen LogP contribution in [0.4, 0.5) is 17.1 Å². The largest absolute Gasteiger partial charge is 0.497 e. The van der Waals surface area contributed by atoms with E-state index < -0.39 is 5.97 Å². The predicted molar refractivity (Wildman–Crippen MR) is 124 cm³/mol. The lowest BCUT2D eigenvalue weighted by Gasteiger charge is -2.23. The number of hydrogen-bond acceptors (Lipinski definition) is 7. The molecule has 0 aliphatic heterocycles. The van der Waals surface area contributed by atoms with Crippen LogP contribution >= 0.6 is 0 Å². The smallest absolute Gasteiger partial charge is 0.341 e. The second-order valence-corrected chi connectivity index (χ2v) is 6.89. The van der Waals surface area contributed by atoms with E-state index in [9.17, 15) is 4.79 Å². The van der Waals surface area contributed by atoms with Crippen LogP contribution in [0.2, 0.25) is 0 Å². The van der Waals surface area contributed by atoms with Crippen LogP contribution in [-0.4, -0.2) is 51.5 Å². The van der Waals surface area contributed by atoms with Crippen molar-refractivity contribution in [2.75, 3.05) is 50.7 Å². The number of esters is 1. The van der Waals surface area contributed by atoms with E-state index in [0.29, 0.717) is 23.6 Å². The Labute approximate surface area is 182 Å². The van der Waals surface area contributed by atoms with Gasteiger partial charge in [0.1, 0.15) is 11.3 Å². The van der Waals surface area contributed by atoms with Crippen molar-refractivity contribution in [3.05, 3.63) is 54.2 Å². The first-order valence-electron chi connectivity index (χ1n) is 10.4. The van der Waals surface area contributed by atoms with E-state index in [1.54, 1.807) is 27.3 Å². The first kappa shape index (κ1) is 22.4. The number of benzene rings is 2. The molecule has 0 aliphatic carbocycles. The number of rotatable bonds is 10. The van der Waals surface area contributed by atoms with Gasteiger partial charge in [-0.25, -0.2) is 4.79 Å². The molecule has 0 amide bonds. The number of nitrogens with one attached hydrogen (secondary N) is 1. The van der Waals surface area contributed by atoms with Crippen LogP contribution in [0.25, 0.3) is 10.9 Å². The van der Waals surface area contributed by atoms with E-state index >= 15 is 0 Å². The number of carbonyl (C=O) groups is 1. The molecule has 7 heteroatoms. The van der Waals surface area contributed by atoms with Gasteiger partial charge in [-0.1, -0.05) is 0 Å². The Morgan fingerprint density at radius 1 is 1.10 bits per heavy atom. The normalized spacial score (nSPS) is 10.7. The summed E-state index contributed by atoms with van der Waals surface area (Å²) in [6.45, 7) is 6.56. The molecular formula is C24H29N3O4. The summed E-state index contributed by atoms with van der Waals surface area (Å²) in [7, 11) is 3.31. The molecule has 7 nitrogen and oxygen atoms in total. The van der Waals surface area contributed by atoms with Crippen LogP contribution in [-0.2, 0) is 9.47 Å². The number of likely N-dealkylation sites (N-methyl/N-ethyl adjacent to an activating group) is 1. The number of methoxy groups -OCH3 is 2. The van der Waals surface area contributed by atoms with Gasteiger partial charge in [-0.15, -0.1) is 0 Å². The molecule has 0 spiro atoms. The molecular weight excluding hydrogens is 394 g/mol. The van der Waals surface area contributed by atoms with Crippen molar-refractivity contribution in [1.29, 1.82) is 0 Å². The van der Waals surface area contributed by atoms with E-state index in [-0.39, 0.29) is 6.61 Å². The van der Waals surface area contributed by atoms with Crippen LogP contribution in [0, 0.1) is 0 Å². The second kappa shape index (κ2) is 10.6. The summed E-state index contributed by atoms with van der Waals surface area (Å²) < 4.78 is 15.8. The minimum absolute atomic E-state index is 0.289. The van der Waals surface area contributed by atoms with E-state index in [4.69, 9.17) is 14.2 Å².